The molecule has 218 valence electrons. The van der Waals surface area contributed by atoms with Gasteiger partial charge in [-0.05, 0) is 48.2 Å². The molecule has 0 bridgehead atoms. The molecule has 5 heterocycles. The lowest BCUT2D eigenvalue weighted by Gasteiger charge is -2.35. The molecule has 0 aliphatic carbocycles. The number of nitriles is 1. The number of aromatic amines is 1. The molecule has 0 saturated carbocycles. The molecule has 3 aromatic heterocycles. The average molecular weight is 580 g/mol. The van der Waals surface area contributed by atoms with Crippen LogP contribution in [0.1, 0.15) is 23.4 Å². The van der Waals surface area contributed by atoms with Crippen LogP contribution in [-0.4, -0.2) is 63.3 Å². The van der Waals surface area contributed by atoms with E-state index in [2.05, 4.69) is 24.3 Å². The van der Waals surface area contributed by atoms with Gasteiger partial charge in [0.25, 0.3) is 5.56 Å². The Balaban J connectivity index is 1.04. The van der Waals surface area contributed by atoms with Gasteiger partial charge in [-0.1, -0.05) is 12.1 Å². The molecule has 0 radical (unpaired) electrons. The zero-order valence-electron chi connectivity index (χ0n) is 23.5. The van der Waals surface area contributed by atoms with Gasteiger partial charge in [-0.2, -0.15) is 10.2 Å². The summed E-state index contributed by atoms with van der Waals surface area (Å²) < 4.78 is 28.0. The van der Waals surface area contributed by atoms with Crippen molar-refractivity contribution in [2.75, 3.05) is 37.7 Å². The molecule has 10 nitrogen and oxygen atoms in total. The molecule has 43 heavy (non-hydrogen) atoms. The number of anilines is 1. The van der Waals surface area contributed by atoms with E-state index in [0.717, 1.165) is 67.3 Å². The van der Waals surface area contributed by atoms with Crippen molar-refractivity contribution in [1.82, 2.24) is 24.4 Å². The molecule has 0 unspecified atom stereocenters. The van der Waals surface area contributed by atoms with Crippen molar-refractivity contribution in [3.8, 4) is 11.9 Å². The number of hydrogen-bond donors (Lipinski definition) is 1. The summed E-state index contributed by atoms with van der Waals surface area (Å²) in [6, 6.07) is 17.7. The highest BCUT2D eigenvalue weighted by molar-refractivity contribution is 5.94. The quantitative estimate of drug-likeness (QED) is 0.294. The second kappa shape index (κ2) is 11.5. The lowest BCUT2D eigenvalue weighted by molar-refractivity contribution is -0.0592. The summed E-state index contributed by atoms with van der Waals surface area (Å²) in [5.41, 5.74) is 2.38. The fourth-order valence-electron chi connectivity index (χ4n) is 5.69. The van der Waals surface area contributed by atoms with Crippen LogP contribution in [0.4, 0.5) is 10.2 Å². The van der Waals surface area contributed by atoms with Crippen LogP contribution in [0.2, 0.25) is 0 Å². The first-order valence-electron chi connectivity index (χ1n) is 14.4. The van der Waals surface area contributed by atoms with E-state index in [4.69, 9.17) is 19.7 Å². The molecular formula is C32H30FN7O3. The zero-order chi connectivity index (χ0) is 29.3. The first-order chi connectivity index (χ1) is 21.0. The van der Waals surface area contributed by atoms with Crippen molar-refractivity contribution in [3.05, 3.63) is 93.9 Å². The predicted molar refractivity (Wildman–Crippen MR) is 159 cm³/mol. The number of benzene rings is 2. The van der Waals surface area contributed by atoms with E-state index in [0.29, 0.717) is 29.9 Å². The summed E-state index contributed by atoms with van der Waals surface area (Å²) in [5.74, 6) is 1.72. The minimum atomic E-state index is -0.470. The normalized spacial score (nSPS) is 17.2. The van der Waals surface area contributed by atoms with Gasteiger partial charge in [-0.15, -0.1) is 0 Å². The van der Waals surface area contributed by atoms with Crippen LogP contribution in [0.5, 0.6) is 5.88 Å². The number of imidazole rings is 1. The van der Waals surface area contributed by atoms with E-state index in [-0.39, 0.29) is 23.8 Å². The summed E-state index contributed by atoms with van der Waals surface area (Å²) in [4.78, 5) is 29.5. The first kappa shape index (κ1) is 27.1. The topological polar surface area (TPSA) is 112 Å². The van der Waals surface area contributed by atoms with E-state index in [1.807, 2.05) is 36.4 Å². The number of halogens is 1. The van der Waals surface area contributed by atoms with E-state index >= 15 is 0 Å². The number of ether oxygens (including phenoxy) is 2. The maximum absolute atomic E-state index is 14.3. The van der Waals surface area contributed by atoms with Crippen molar-refractivity contribution in [2.45, 2.75) is 32.2 Å². The van der Waals surface area contributed by atoms with Crippen molar-refractivity contribution >= 4 is 27.6 Å². The van der Waals surface area contributed by atoms with Crippen molar-refractivity contribution < 1.29 is 13.9 Å². The van der Waals surface area contributed by atoms with Crippen LogP contribution >= 0.6 is 0 Å². The summed E-state index contributed by atoms with van der Waals surface area (Å²) in [6.07, 6.45) is 2.85. The Bertz CT molecular complexity index is 1900. The number of nitrogens with one attached hydrogen (secondary N) is 1. The average Bonchev–Trinajstić information content (AvgIpc) is 3.33. The Morgan fingerprint density at radius 1 is 1.09 bits per heavy atom. The molecule has 2 saturated heterocycles. The van der Waals surface area contributed by atoms with Gasteiger partial charge in [0.15, 0.2) is 0 Å². The maximum Gasteiger partial charge on any atom is 0.255 e. The van der Waals surface area contributed by atoms with Crippen LogP contribution in [0.15, 0.2) is 65.6 Å². The van der Waals surface area contributed by atoms with E-state index in [9.17, 15) is 9.18 Å². The highest BCUT2D eigenvalue weighted by atomic mass is 19.1. The molecule has 5 aromatic rings. The third-order valence-corrected chi connectivity index (χ3v) is 8.23. The Kier molecular flexibility index (Phi) is 7.22. The largest absolute Gasteiger partial charge is 0.473 e. The molecule has 1 atom stereocenters. The molecule has 0 amide bonds. The second-order valence-electron chi connectivity index (χ2n) is 11.0. The van der Waals surface area contributed by atoms with Gasteiger partial charge < -0.3 is 23.9 Å². The molecule has 1 N–H and O–H groups in total. The van der Waals surface area contributed by atoms with E-state index in [1.165, 1.54) is 6.07 Å². The van der Waals surface area contributed by atoms with Gasteiger partial charge in [0.1, 0.15) is 24.1 Å². The number of piperazine rings is 1. The lowest BCUT2D eigenvalue weighted by Crippen LogP contribution is -2.46. The summed E-state index contributed by atoms with van der Waals surface area (Å²) in [6.45, 7) is 5.43. The van der Waals surface area contributed by atoms with Gasteiger partial charge in [0.2, 0.25) is 5.88 Å². The number of aromatic nitrogens is 4. The zero-order valence-corrected chi connectivity index (χ0v) is 23.5. The van der Waals surface area contributed by atoms with Crippen molar-refractivity contribution in [1.29, 1.82) is 5.26 Å². The maximum atomic E-state index is 14.3. The number of hydrogen-bond acceptors (Lipinski definition) is 8. The summed E-state index contributed by atoms with van der Waals surface area (Å²) >= 11 is 0. The molecule has 2 aliphatic heterocycles. The number of rotatable bonds is 8. The molecular weight excluding hydrogens is 549 g/mol. The Morgan fingerprint density at radius 3 is 2.72 bits per heavy atom. The van der Waals surface area contributed by atoms with Gasteiger partial charge in [-0.3, -0.25) is 9.69 Å². The third kappa shape index (κ3) is 5.55. The number of fused-ring (bicyclic) bond motifs is 2. The van der Waals surface area contributed by atoms with Crippen LogP contribution in [0.3, 0.4) is 0 Å². The smallest absolute Gasteiger partial charge is 0.255 e. The van der Waals surface area contributed by atoms with Gasteiger partial charge in [-0.25, -0.2) is 9.37 Å². The SMILES string of the molecule is N#Cc1ccc(COc2cccc(N3CCN(Cc4nc5cc6cc[nH]c(=O)c6cc5n4C[C@@H]4CCO4)CC3)n2)c(F)c1. The first-order valence-corrected chi connectivity index (χ1v) is 14.4. The van der Waals surface area contributed by atoms with E-state index < -0.39 is 5.82 Å². The van der Waals surface area contributed by atoms with Crippen LogP contribution < -0.4 is 15.2 Å². The second-order valence-corrected chi connectivity index (χ2v) is 11.0. The molecule has 0 spiro atoms. The van der Waals surface area contributed by atoms with Crippen LogP contribution in [0, 0.1) is 17.1 Å². The Labute approximate surface area is 246 Å². The third-order valence-electron chi connectivity index (χ3n) is 8.23. The molecule has 11 heteroatoms. The fourth-order valence-corrected chi connectivity index (χ4v) is 5.69. The molecule has 2 aromatic carbocycles. The number of pyridine rings is 2. The molecule has 2 aliphatic rings. The standard InChI is InChI=1S/C32H30FN7O3/c33-26-14-21(17-34)4-5-23(26)20-43-31-3-1-2-29(37-31)39-11-9-38(10-12-39)19-30-36-27-15-22-6-8-35-32(41)25(22)16-28(27)40(30)18-24-7-13-42-24/h1-6,8,14-16,24H,7,9-13,18-20H2,(H,35,41)/t24-/m0/s1. The van der Waals surface area contributed by atoms with Crippen molar-refractivity contribution in [3.63, 3.8) is 0 Å². The fraction of sp³-hybridized carbons (Fsp3) is 0.312. The Hall–Kier alpha value is -4.79. The molecule has 7 rings (SSSR count). The summed E-state index contributed by atoms with van der Waals surface area (Å²) in [7, 11) is 0. The van der Waals surface area contributed by atoms with Crippen LogP contribution in [0.25, 0.3) is 21.8 Å². The highest BCUT2D eigenvalue weighted by Crippen LogP contribution is 2.26. The molecule has 2 fully saturated rings. The number of nitrogens with zero attached hydrogens (tertiary/aromatic N) is 6. The monoisotopic (exact) mass is 579 g/mol. The minimum absolute atomic E-state index is 0.0264. The highest BCUT2D eigenvalue weighted by Gasteiger charge is 2.25. The summed E-state index contributed by atoms with van der Waals surface area (Å²) in [5, 5.41) is 10.5. The number of H-pyrrole nitrogens is 1. The van der Waals surface area contributed by atoms with Gasteiger partial charge >= 0.3 is 0 Å². The predicted octanol–water partition coefficient (Wildman–Crippen LogP) is 3.97. The minimum Gasteiger partial charge on any atom is -0.473 e. The lowest BCUT2D eigenvalue weighted by atomic mass is 10.1. The van der Waals surface area contributed by atoms with Crippen molar-refractivity contribution in [2.24, 2.45) is 0 Å². The van der Waals surface area contributed by atoms with Gasteiger partial charge in [0.05, 0.1) is 41.9 Å². The van der Waals surface area contributed by atoms with Gasteiger partial charge in [0, 0.05) is 56.0 Å². The van der Waals surface area contributed by atoms with E-state index in [1.54, 1.807) is 24.4 Å². The van der Waals surface area contributed by atoms with Crippen LogP contribution in [-0.2, 0) is 24.4 Å². The Morgan fingerprint density at radius 2 is 1.95 bits per heavy atom.